The lowest BCUT2D eigenvalue weighted by Gasteiger charge is -2.43. The van der Waals surface area contributed by atoms with Crippen LogP contribution in [-0.2, 0) is 14.3 Å². The van der Waals surface area contributed by atoms with Crippen molar-refractivity contribution in [3.8, 4) is 17.2 Å². The van der Waals surface area contributed by atoms with Crippen LogP contribution in [0.3, 0.4) is 0 Å². The Hall–Kier alpha value is -1.99. The molecule has 136 valence electrons. The first kappa shape index (κ1) is 16.5. The van der Waals surface area contributed by atoms with Gasteiger partial charge in [-0.1, -0.05) is 0 Å². The van der Waals surface area contributed by atoms with Gasteiger partial charge < -0.3 is 29.0 Å². The van der Waals surface area contributed by atoms with Crippen LogP contribution in [0.15, 0.2) is 18.2 Å². The molecule has 1 N–H and O–H groups in total. The van der Waals surface area contributed by atoms with Gasteiger partial charge in [0.25, 0.3) is 5.91 Å². The van der Waals surface area contributed by atoms with Gasteiger partial charge in [0.15, 0.2) is 18.1 Å². The topological polar surface area (TPSA) is 75.3 Å². The normalized spacial score (nSPS) is 24.1. The van der Waals surface area contributed by atoms with Crippen molar-refractivity contribution in [1.82, 2.24) is 5.32 Å². The molecule has 0 bridgehead atoms. The molecule has 2 fully saturated rings. The maximum atomic E-state index is 12.2. The highest BCUT2D eigenvalue weighted by Crippen LogP contribution is 2.35. The molecule has 4 rings (SSSR count). The zero-order valence-electron chi connectivity index (χ0n) is 14.1. The summed E-state index contributed by atoms with van der Waals surface area (Å²) in [6.07, 6.45) is 3.46. The van der Waals surface area contributed by atoms with E-state index in [9.17, 15) is 4.79 Å². The molecular formula is C18H23NO6. The Kier molecular flexibility index (Phi) is 4.67. The van der Waals surface area contributed by atoms with E-state index >= 15 is 0 Å². The minimum atomic E-state index is -0.132. The largest absolute Gasteiger partial charge is 0.484 e. The Morgan fingerprint density at radius 3 is 2.92 bits per heavy atom. The zero-order chi connectivity index (χ0) is 17.1. The van der Waals surface area contributed by atoms with Gasteiger partial charge in [-0.15, -0.1) is 0 Å². The van der Waals surface area contributed by atoms with E-state index in [0.29, 0.717) is 23.9 Å². The Labute approximate surface area is 146 Å². The SMILES string of the molecule is O=C(COc1ccc2c(c1)OCO2)NC1CCOC2(CCOCC2)C1. The third kappa shape index (κ3) is 3.82. The first-order valence-corrected chi connectivity index (χ1v) is 8.76. The van der Waals surface area contributed by atoms with E-state index in [1.807, 2.05) is 0 Å². The fourth-order valence-corrected chi connectivity index (χ4v) is 3.63. The molecule has 1 unspecified atom stereocenters. The van der Waals surface area contributed by atoms with Gasteiger partial charge >= 0.3 is 0 Å². The first-order valence-electron chi connectivity index (χ1n) is 8.76. The molecule has 2 saturated heterocycles. The molecule has 0 aliphatic carbocycles. The van der Waals surface area contributed by atoms with E-state index in [1.165, 1.54) is 0 Å². The van der Waals surface area contributed by atoms with Crippen LogP contribution in [0.5, 0.6) is 17.2 Å². The number of hydrogen-bond acceptors (Lipinski definition) is 6. The smallest absolute Gasteiger partial charge is 0.258 e. The Bertz CT molecular complexity index is 622. The van der Waals surface area contributed by atoms with Crippen molar-refractivity contribution < 1.29 is 28.5 Å². The van der Waals surface area contributed by atoms with Crippen LogP contribution in [0.2, 0.25) is 0 Å². The van der Waals surface area contributed by atoms with E-state index in [1.54, 1.807) is 18.2 Å². The second-order valence-electron chi connectivity index (χ2n) is 6.70. The average molecular weight is 349 g/mol. The molecule has 7 heteroatoms. The van der Waals surface area contributed by atoms with E-state index in [0.717, 1.165) is 38.9 Å². The number of ether oxygens (including phenoxy) is 5. The maximum absolute atomic E-state index is 12.2. The highest BCUT2D eigenvalue weighted by molar-refractivity contribution is 5.77. The Balaban J connectivity index is 1.27. The molecule has 1 atom stereocenters. The van der Waals surface area contributed by atoms with Crippen LogP contribution in [0.4, 0.5) is 0 Å². The van der Waals surface area contributed by atoms with Gasteiger partial charge in [0.2, 0.25) is 6.79 Å². The summed E-state index contributed by atoms with van der Waals surface area (Å²) in [5.74, 6) is 1.81. The lowest BCUT2D eigenvalue weighted by atomic mass is 9.84. The molecule has 1 aromatic rings. The van der Waals surface area contributed by atoms with Crippen molar-refractivity contribution in [2.45, 2.75) is 37.3 Å². The van der Waals surface area contributed by atoms with Crippen LogP contribution in [0, 0.1) is 0 Å². The highest BCUT2D eigenvalue weighted by atomic mass is 16.7. The van der Waals surface area contributed by atoms with Crippen molar-refractivity contribution in [2.24, 2.45) is 0 Å². The summed E-state index contributed by atoms with van der Waals surface area (Å²) in [5, 5.41) is 3.07. The van der Waals surface area contributed by atoms with E-state index in [-0.39, 0.29) is 30.9 Å². The number of fused-ring (bicyclic) bond motifs is 1. The van der Waals surface area contributed by atoms with Gasteiger partial charge in [0.05, 0.1) is 5.60 Å². The van der Waals surface area contributed by atoms with Crippen molar-refractivity contribution in [3.63, 3.8) is 0 Å². The first-order chi connectivity index (χ1) is 12.2. The Morgan fingerprint density at radius 2 is 2.04 bits per heavy atom. The molecular weight excluding hydrogens is 326 g/mol. The van der Waals surface area contributed by atoms with Gasteiger partial charge in [-0.3, -0.25) is 4.79 Å². The molecule has 0 saturated carbocycles. The summed E-state index contributed by atoms with van der Waals surface area (Å²) >= 11 is 0. The molecule has 0 aromatic heterocycles. The fourth-order valence-electron chi connectivity index (χ4n) is 3.63. The predicted molar refractivity (Wildman–Crippen MR) is 88.0 cm³/mol. The predicted octanol–water partition coefficient (Wildman–Crippen LogP) is 1.64. The van der Waals surface area contributed by atoms with E-state index < -0.39 is 0 Å². The maximum Gasteiger partial charge on any atom is 0.258 e. The number of amides is 1. The number of carbonyl (C=O) groups is 1. The van der Waals surface area contributed by atoms with Crippen molar-refractivity contribution in [3.05, 3.63) is 18.2 Å². The summed E-state index contributed by atoms with van der Waals surface area (Å²) in [5.41, 5.74) is -0.132. The third-order valence-corrected chi connectivity index (χ3v) is 4.98. The standard InChI is InChI=1S/C18H23NO6/c20-17(11-22-14-1-2-15-16(9-14)24-12-23-15)19-13-3-6-25-18(10-13)4-7-21-8-5-18/h1-2,9,13H,3-8,10-12H2,(H,19,20). The minimum absolute atomic E-state index is 0.0207. The van der Waals surface area contributed by atoms with Gasteiger partial charge in [-0.25, -0.2) is 0 Å². The molecule has 0 radical (unpaired) electrons. The Morgan fingerprint density at radius 1 is 1.20 bits per heavy atom. The van der Waals surface area contributed by atoms with Crippen molar-refractivity contribution in [2.75, 3.05) is 33.2 Å². The minimum Gasteiger partial charge on any atom is -0.484 e. The molecule has 3 aliphatic rings. The van der Waals surface area contributed by atoms with Gasteiger partial charge in [0.1, 0.15) is 5.75 Å². The van der Waals surface area contributed by atoms with Gasteiger partial charge in [-0.2, -0.15) is 0 Å². The van der Waals surface area contributed by atoms with Crippen molar-refractivity contribution in [1.29, 1.82) is 0 Å². The summed E-state index contributed by atoms with van der Waals surface area (Å²) in [6.45, 7) is 2.33. The lowest BCUT2D eigenvalue weighted by molar-refractivity contribution is -0.144. The van der Waals surface area contributed by atoms with Crippen molar-refractivity contribution >= 4 is 5.91 Å². The number of benzene rings is 1. The van der Waals surface area contributed by atoms with Crippen LogP contribution in [-0.4, -0.2) is 50.8 Å². The zero-order valence-corrected chi connectivity index (χ0v) is 14.1. The van der Waals surface area contributed by atoms with Crippen LogP contribution < -0.4 is 19.5 Å². The van der Waals surface area contributed by atoms with Crippen LogP contribution in [0.1, 0.15) is 25.7 Å². The molecule has 3 heterocycles. The van der Waals surface area contributed by atoms with E-state index in [2.05, 4.69) is 5.32 Å². The van der Waals surface area contributed by atoms with E-state index in [4.69, 9.17) is 23.7 Å². The number of nitrogens with one attached hydrogen (secondary N) is 1. The molecule has 7 nitrogen and oxygen atoms in total. The third-order valence-electron chi connectivity index (χ3n) is 4.98. The number of hydrogen-bond donors (Lipinski definition) is 1. The highest BCUT2D eigenvalue weighted by Gasteiger charge is 2.39. The monoisotopic (exact) mass is 349 g/mol. The quantitative estimate of drug-likeness (QED) is 0.891. The molecule has 1 aromatic carbocycles. The number of carbonyl (C=O) groups excluding carboxylic acids is 1. The summed E-state index contributed by atoms with van der Waals surface area (Å²) in [6, 6.07) is 5.41. The number of rotatable bonds is 4. The van der Waals surface area contributed by atoms with Gasteiger partial charge in [0, 0.05) is 31.9 Å². The molecule has 3 aliphatic heterocycles. The second kappa shape index (κ2) is 7.09. The molecule has 25 heavy (non-hydrogen) atoms. The molecule has 1 amide bonds. The second-order valence-corrected chi connectivity index (χ2v) is 6.70. The van der Waals surface area contributed by atoms with Crippen LogP contribution >= 0.6 is 0 Å². The van der Waals surface area contributed by atoms with Crippen LogP contribution in [0.25, 0.3) is 0 Å². The lowest BCUT2D eigenvalue weighted by Crippen LogP contribution is -2.51. The summed E-state index contributed by atoms with van der Waals surface area (Å²) in [7, 11) is 0. The average Bonchev–Trinajstić information content (AvgIpc) is 3.08. The summed E-state index contributed by atoms with van der Waals surface area (Å²) < 4.78 is 27.6. The summed E-state index contributed by atoms with van der Waals surface area (Å²) in [4.78, 5) is 12.2. The van der Waals surface area contributed by atoms with Gasteiger partial charge in [-0.05, 0) is 37.8 Å². The fraction of sp³-hybridized carbons (Fsp3) is 0.611. The molecule has 1 spiro atoms.